The van der Waals surface area contributed by atoms with E-state index in [0.717, 1.165) is 34.0 Å². The molecule has 0 aliphatic heterocycles. The molecule has 1 aliphatic rings. The summed E-state index contributed by atoms with van der Waals surface area (Å²) in [5.74, 6) is -2.72. The molecular weight excluding hydrogens is 382 g/mol. The van der Waals surface area contributed by atoms with E-state index in [1.807, 2.05) is 48.5 Å². The van der Waals surface area contributed by atoms with Gasteiger partial charge in [0.25, 0.3) is 0 Å². The monoisotopic (exact) mass is 401 g/mol. The first-order valence-electron chi connectivity index (χ1n) is 8.61. The Kier molecular flexibility index (Phi) is 6.20. The zero-order valence-corrected chi connectivity index (χ0v) is 15.6. The minimum absolute atomic E-state index is 0.0637. The van der Waals surface area contributed by atoms with E-state index in [9.17, 15) is 19.5 Å². The Balaban J connectivity index is 1.62. The molecule has 0 spiro atoms. The second kappa shape index (κ2) is 8.79. The van der Waals surface area contributed by atoms with E-state index in [1.165, 1.54) is 0 Å². The molecule has 0 fully saturated rings. The van der Waals surface area contributed by atoms with Crippen molar-refractivity contribution >= 4 is 29.8 Å². The summed E-state index contributed by atoms with van der Waals surface area (Å²) in [5, 5.41) is 20.1. The number of thioether (sulfide) groups is 1. The van der Waals surface area contributed by atoms with Crippen molar-refractivity contribution < 1.29 is 29.3 Å². The number of amides is 1. The second-order valence-corrected chi connectivity index (χ2v) is 7.30. The number of carbonyl (C=O) groups excluding carboxylic acids is 1. The third-order valence-electron chi connectivity index (χ3n) is 4.44. The Hall–Kier alpha value is -3.00. The Morgan fingerprint density at radius 2 is 1.57 bits per heavy atom. The summed E-state index contributed by atoms with van der Waals surface area (Å²) < 4.78 is 5.31. The summed E-state index contributed by atoms with van der Waals surface area (Å²) >= 11 is 0.914. The minimum atomic E-state index is -1.24. The van der Waals surface area contributed by atoms with Gasteiger partial charge in [0.15, 0.2) is 0 Å². The van der Waals surface area contributed by atoms with Crippen molar-refractivity contribution in [3.05, 3.63) is 59.7 Å². The normalized spacial score (nSPS) is 13.3. The van der Waals surface area contributed by atoms with Crippen LogP contribution in [0.1, 0.15) is 17.0 Å². The molecular formula is C20H19NO6S. The van der Waals surface area contributed by atoms with Crippen LogP contribution in [0.4, 0.5) is 4.79 Å². The van der Waals surface area contributed by atoms with Crippen molar-refractivity contribution in [3.8, 4) is 11.1 Å². The summed E-state index contributed by atoms with van der Waals surface area (Å²) in [4.78, 5) is 33.9. The van der Waals surface area contributed by atoms with E-state index in [2.05, 4.69) is 5.32 Å². The Bertz CT molecular complexity index is 854. The average molecular weight is 401 g/mol. The fourth-order valence-electron chi connectivity index (χ4n) is 3.22. The van der Waals surface area contributed by atoms with Gasteiger partial charge in [0, 0.05) is 11.7 Å². The lowest BCUT2D eigenvalue weighted by Crippen LogP contribution is -2.43. The molecule has 0 bridgehead atoms. The van der Waals surface area contributed by atoms with Gasteiger partial charge in [-0.1, -0.05) is 48.5 Å². The number of fused-ring (bicyclic) bond motifs is 3. The molecule has 0 saturated heterocycles. The zero-order chi connectivity index (χ0) is 20.1. The maximum absolute atomic E-state index is 12.1. The molecule has 1 atom stereocenters. The fraction of sp³-hybridized carbons (Fsp3) is 0.250. The Morgan fingerprint density at radius 3 is 2.11 bits per heavy atom. The van der Waals surface area contributed by atoms with E-state index in [4.69, 9.17) is 9.84 Å². The van der Waals surface area contributed by atoms with Crippen LogP contribution in [-0.2, 0) is 14.3 Å². The van der Waals surface area contributed by atoms with E-state index >= 15 is 0 Å². The van der Waals surface area contributed by atoms with Crippen molar-refractivity contribution in [2.75, 3.05) is 18.1 Å². The molecule has 0 radical (unpaired) electrons. The molecule has 2 aromatic carbocycles. The molecule has 1 aliphatic carbocycles. The van der Waals surface area contributed by atoms with E-state index in [-0.39, 0.29) is 24.0 Å². The van der Waals surface area contributed by atoms with Crippen molar-refractivity contribution in [1.29, 1.82) is 0 Å². The van der Waals surface area contributed by atoms with Gasteiger partial charge in [0.05, 0.1) is 5.75 Å². The Morgan fingerprint density at radius 1 is 1.00 bits per heavy atom. The fourth-order valence-corrected chi connectivity index (χ4v) is 3.98. The predicted octanol–water partition coefficient (Wildman–Crippen LogP) is 2.80. The SMILES string of the molecule is O=C(O)CSCC(NC(=O)OCC1c2ccccc2-c2ccccc21)C(=O)O. The molecule has 0 heterocycles. The molecule has 0 saturated carbocycles. The maximum Gasteiger partial charge on any atom is 0.407 e. The third-order valence-corrected chi connectivity index (χ3v) is 5.46. The summed E-state index contributed by atoms with van der Waals surface area (Å²) in [5.41, 5.74) is 4.31. The lowest BCUT2D eigenvalue weighted by molar-refractivity contribution is -0.139. The molecule has 7 nitrogen and oxygen atoms in total. The van der Waals surface area contributed by atoms with Gasteiger partial charge in [0.1, 0.15) is 12.6 Å². The van der Waals surface area contributed by atoms with Gasteiger partial charge in [-0.05, 0) is 22.3 Å². The molecule has 3 rings (SSSR count). The molecule has 0 aromatic heterocycles. The number of hydrogen-bond donors (Lipinski definition) is 3. The van der Waals surface area contributed by atoms with Gasteiger partial charge in [-0.15, -0.1) is 11.8 Å². The summed E-state index contributed by atoms with van der Waals surface area (Å²) in [6.07, 6.45) is -0.842. The number of rotatable bonds is 8. The summed E-state index contributed by atoms with van der Waals surface area (Å²) in [7, 11) is 0. The quantitative estimate of drug-likeness (QED) is 0.623. The van der Waals surface area contributed by atoms with Crippen LogP contribution in [0.2, 0.25) is 0 Å². The molecule has 3 N–H and O–H groups in total. The average Bonchev–Trinajstić information content (AvgIpc) is 2.99. The molecule has 146 valence electrons. The van der Waals surface area contributed by atoms with Crippen molar-refractivity contribution in [3.63, 3.8) is 0 Å². The van der Waals surface area contributed by atoms with Crippen LogP contribution in [0.3, 0.4) is 0 Å². The van der Waals surface area contributed by atoms with Crippen LogP contribution in [-0.4, -0.2) is 52.4 Å². The standard InChI is InChI=1S/C20H19NO6S/c22-18(23)11-28-10-17(19(24)25)21-20(26)27-9-16-14-7-3-1-5-12(14)13-6-2-4-8-15(13)16/h1-8,16-17H,9-11H2,(H,21,26)(H,22,23)(H,24,25). The highest BCUT2D eigenvalue weighted by atomic mass is 32.2. The van der Waals surface area contributed by atoms with Gasteiger partial charge in [0.2, 0.25) is 0 Å². The largest absolute Gasteiger partial charge is 0.481 e. The lowest BCUT2D eigenvalue weighted by Gasteiger charge is -2.17. The molecule has 28 heavy (non-hydrogen) atoms. The third kappa shape index (κ3) is 4.45. The van der Waals surface area contributed by atoms with Crippen LogP contribution in [0.25, 0.3) is 11.1 Å². The van der Waals surface area contributed by atoms with Crippen LogP contribution in [0, 0.1) is 0 Å². The van der Waals surface area contributed by atoms with Gasteiger partial charge in [-0.2, -0.15) is 0 Å². The number of benzene rings is 2. The maximum atomic E-state index is 12.1. The smallest absolute Gasteiger partial charge is 0.407 e. The molecule has 1 unspecified atom stereocenters. The molecule has 1 amide bonds. The number of hydrogen-bond acceptors (Lipinski definition) is 5. The van der Waals surface area contributed by atoms with E-state index in [0.29, 0.717) is 0 Å². The van der Waals surface area contributed by atoms with Crippen LogP contribution in [0.5, 0.6) is 0 Å². The van der Waals surface area contributed by atoms with Gasteiger partial charge in [-0.25, -0.2) is 9.59 Å². The number of alkyl carbamates (subject to hydrolysis) is 1. The first-order valence-corrected chi connectivity index (χ1v) is 9.76. The highest BCUT2D eigenvalue weighted by Gasteiger charge is 2.29. The first-order chi connectivity index (χ1) is 13.5. The highest BCUT2D eigenvalue weighted by molar-refractivity contribution is 8.00. The molecule has 8 heteroatoms. The topological polar surface area (TPSA) is 113 Å². The van der Waals surface area contributed by atoms with Gasteiger partial charge in [-0.3, -0.25) is 4.79 Å². The Labute approximate surface area is 165 Å². The highest BCUT2D eigenvalue weighted by Crippen LogP contribution is 2.44. The zero-order valence-electron chi connectivity index (χ0n) is 14.8. The number of aliphatic carboxylic acids is 2. The van der Waals surface area contributed by atoms with Gasteiger partial charge < -0.3 is 20.3 Å². The summed E-state index contributed by atoms with van der Waals surface area (Å²) in [6, 6.07) is 14.6. The second-order valence-electron chi connectivity index (χ2n) is 6.27. The molecule has 2 aromatic rings. The van der Waals surface area contributed by atoms with Crippen LogP contribution in [0.15, 0.2) is 48.5 Å². The number of carboxylic acid groups (broad SMARTS) is 2. The van der Waals surface area contributed by atoms with E-state index in [1.54, 1.807) is 0 Å². The van der Waals surface area contributed by atoms with E-state index < -0.39 is 24.1 Å². The number of ether oxygens (including phenoxy) is 1. The first kappa shape index (κ1) is 19.8. The minimum Gasteiger partial charge on any atom is -0.481 e. The van der Waals surface area contributed by atoms with Crippen LogP contribution >= 0.6 is 11.8 Å². The van der Waals surface area contributed by atoms with Gasteiger partial charge >= 0.3 is 18.0 Å². The van der Waals surface area contributed by atoms with Crippen molar-refractivity contribution in [2.45, 2.75) is 12.0 Å². The van der Waals surface area contributed by atoms with Crippen molar-refractivity contribution in [2.24, 2.45) is 0 Å². The predicted molar refractivity (Wildman–Crippen MR) is 105 cm³/mol. The summed E-state index contributed by atoms with van der Waals surface area (Å²) in [6.45, 7) is 0.0778. The number of carboxylic acids is 2. The number of carbonyl (C=O) groups is 3. The van der Waals surface area contributed by atoms with Crippen LogP contribution < -0.4 is 5.32 Å². The lowest BCUT2D eigenvalue weighted by atomic mass is 9.98. The number of nitrogens with one attached hydrogen (secondary N) is 1. The van der Waals surface area contributed by atoms with Crippen molar-refractivity contribution in [1.82, 2.24) is 5.32 Å².